The van der Waals surface area contributed by atoms with Crippen LogP contribution in [0.15, 0.2) is 29.3 Å². The second-order valence-corrected chi connectivity index (χ2v) is 7.48. The van der Waals surface area contributed by atoms with Gasteiger partial charge in [-0.3, -0.25) is 0 Å². The Bertz CT molecular complexity index is 589. The molecule has 1 fully saturated rings. The molecule has 7 nitrogen and oxygen atoms in total. The van der Waals surface area contributed by atoms with E-state index in [2.05, 4.69) is 39.6 Å². The van der Waals surface area contributed by atoms with Crippen molar-refractivity contribution in [2.45, 2.75) is 38.8 Å². The summed E-state index contributed by atoms with van der Waals surface area (Å²) < 4.78 is 17.1. The van der Waals surface area contributed by atoms with E-state index in [4.69, 9.17) is 14.2 Å². The summed E-state index contributed by atoms with van der Waals surface area (Å²) in [5.74, 6) is 1.71. The Hall–Kier alpha value is -1.83. The van der Waals surface area contributed by atoms with Crippen LogP contribution in [-0.2, 0) is 16.0 Å². The Morgan fingerprint density at radius 1 is 1.28 bits per heavy atom. The monoisotopic (exact) mass is 406 g/mol. The van der Waals surface area contributed by atoms with Crippen LogP contribution in [0.5, 0.6) is 5.75 Å². The molecule has 29 heavy (non-hydrogen) atoms. The number of ether oxygens (including phenoxy) is 3. The van der Waals surface area contributed by atoms with Gasteiger partial charge in [-0.05, 0) is 58.0 Å². The third kappa shape index (κ3) is 10.5. The molecule has 0 aliphatic carbocycles. The molecule has 1 aliphatic heterocycles. The first-order valence-corrected chi connectivity index (χ1v) is 10.8. The van der Waals surface area contributed by atoms with Gasteiger partial charge in [-0.15, -0.1) is 0 Å². The summed E-state index contributed by atoms with van der Waals surface area (Å²) in [6, 6.07) is 8.14. The van der Waals surface area contributed by atoms with E-state index in [9.17, 15) is 0 Å². The van der Waals surface area contributed by atoms with Crippen LogP contribution in [-0.4, -0.2) is 77.1 Å². The van der Waals surface area contributed by atoms with Gasteiger partial charge < -0.3 is 29.7 Å². The lowest BCUT2D eigenvalue weighted by Crippen LogP contribution is -2.38. The molecule has 1 saturated heterocycles. The van der Waals surface area contributed by atoms with Gasteiger partial charge in [0, 0.05) is 32.8 Å². The van der Waals surface area contributed by atoms with E-state index in [1.807, 2.05) is 26.2 Å². The zero-order valence-electron chi connectivity index (χ0n) is 18.3. The highest BCUT2D eigenvalue weighted by molar-refractivity contribution is 5.79. The molecular formula is C22H38N4O3. The molecule has 1 atom stereocenters. The van der Waals surface area contributed by atoms with Gasteiger partial charge in [-0.25, -0.2) is 4.99 Å². The van der Waals surface area contributed by atoms with Gasteiger partial charge in [0.25, 0.3) is 0 Å². The van der Waals surface area contributed by atoms with E-state index in [0.717, 1.165) is 69.4 Å². The van der Waals surface area contributed by atoms with Crippen LogP contribution in [0, 0.1) is 0 Å². The Morgan fingerprint density at radius 2 is 2.17 bits per heavy atom. The number of hydrogen-bond acceptors (Lipinski definition) is 5. The van der Waals surface area contributed by atoms with Crippen LogP contribution in [0.25, 0.3) is 0 Å². The molecular weight excluding hydrogens is 368 g/mol. The van der Waals surface area contributed by atoms with Gasteiger partial charge in [0.2, 0.25) is 0 Å². The van der Waals surface area contributed by atoms with Gasteiger partial charge in [0.15, 0.2) is 5.96 Å². The number of guanidine groups is 1. The van der Waals surface area contributed by atoms with Crippen molar-refractivity contribution < 1.29 is 14.2 Å². The Balaban J connectivity index is 1.69. The first-order valence-electron chi connectivity index (χ1n) is 10.8. The van der Waals surface area contributed by atoms with E-state index >= 15 is 0 Å². The third-order valence-electron chi connectivity index (χ3n) is 4.56. The minimum absolute atomic E-state index is 0.296. The highest BCUT2D eigenvalue weighted by atomic mass is 16.5. The Morgan fingerprint density at radius 3 is 2.93 bits per heavy atom. The SMILES string of the molecule is CCNC(=NCc1cccc(OCCN(C)C)c1)NCCCOCC1CCCO1. The maximum Gasteiger partial charge on any atom is 0.191 e. The summed E-state index contributed by atoms with van der Waals surface area (Å²) in [4.78, 5) is 6.79. The quantitative estimate of drug-likeness (QED) is 0.298. The summed E-state index contributed by atoms with van der Waals surface area (Å²) >= 11 is 0. The highest BCUT2D eigenvalue weighted by Crippen LogP contribution is 2.14. The van der Waals surface area contributed by atoms with Crippen molar-refractivity contribution in [1.82, 2.24) is 15.5 Å². The highest BCUT2D eigenvalue weighted by Gasteiger charge is 2.14. The second kappa shape index (κ2) is 14.2. The molecule has 0 bridgehead atoms. The minimum atomic E-state index is 0.296. The standard InChI is InChI=1S/C22H38N4O3/c1-4-23-22(24-11-7-13-27-18-21-10-6-14-28-21)25-17-19-8-5-9-20(16-19)29-15-12-26(2)3/h5,8-9,16,21H,4,6-7,10-15,17-18H2,1-3H3,(H2,23,24,25). The van der Waals surface area contributed by atoms with Crippen LogP contribution < -0.4 is 15.4 Å². The molecule has 1 heterocycles. The molecule has 1 unspecified atom stereocenters. The van der Waals surface area contributed by atoms with Crippen LogP contribution in [0.1, 0.15) is 31.7 Å². The molecule has 1 aromatic rings. The van der Waals surface area contributed by atoms with E-state index < -0.39 is 0 Å². The van der Waals surface area contributed by atoms with Gasteiger partial charge in [0.1, 0.15) is 12.4 Å². The van der Waals surface area contributed by atoms with Crippen LogP contribution in [0.2, 0.25) is 0 Å². The number of rotatable bonds is 13. The number of aliphatic imine (C=N–C) groups is 1. The largest absolute Gasteiger partial charge is 0.492 e. The first-order chi connectivity index (χ1) is 14.2. The zero-order chi connectivity index (χ0) is 20.7. The van der Waals surface area contributed by atoms with E-state index in [0.29, 0.717) is 25.9 Å². The first kappa shape index (κ1) is 23.4. The smallest absolute Gasteiger partial charge is 0.191 e. The molecule has 2 rings (SSSR count). The van der Waals surface area contributed by atoms with Crippen molar-refractivity contribution >= 4 is 5.96 Å². The fourth-order valence-electron chi connectivity index (χ4n) is 2.96. The summed E-state index contributed by atoms with van der Waals surface area (Å²) in [5.41, 5.74) is 1.13. The normalized spacial score (nSPS) is 17.0. The average Bonchev–Trinajstić information content (AvgIpc) is 3.22. The third-order valence-corrected chi connectivity index (χ3v) is 4.56. The van der Waals surface area contributed by atoms with Crippen molar-refractivity contribution in [3.8, 4) is 5.75 Å². The lowest BCUT2D eigenvalue weighted by Gasteiger charge is -2.13. The lowest BCUT2D eigenvalue weighted by atomic mass is 10.2. The van der Waals surface area contributed by atoms with Crippen molar-refractivity contribution in [3.05, 3.63) is 29.8 Å². The number of benzene rings is 1. The molecule has 0 spiro atoms. The van der Waals surface area contributed by atoms with Crippen LogP contribution >= 0.6 is 0 Å². The molecule has 2 N–H and O–H groups in total. The molecule has 0 radical (unpaired) electrons. The number of hydrogen-bond donors (Lipinski definition) is 2. The van der Waals surface area contributed by atoms with Gasteiger partial charge in [0.05, 0.1) is 19.3 Å². The van der Waals surface area contributed by atoms with Gasteiger partial charge >= 0.3 is 0 Å². The summed E-state index contributed by atoms with van der Waals surface area (Å²) in [6.45, 7) is 8.23. The van der Waals surface area contributed by atoms with Gasteiger partial charge in [-0.2, -0.15) is 0 Å². The predicted molar refractivity (Wildman–Crippen MR) is 118 cm³/mol. The summed E-state index contributed by atoms with van der Waals surface area (Å²) in [6.07, 6.45) is 3.51. The molecule has 0 amide bonds. The van der Waals surface area contributed by atoms with Crippen LogP contribution in [0.4, 0.5) is 0 Å². The minimum Gasteiger partial charge on any atom is -0.492 e. The fourth-order valence-corrected chi connectivity index (χ4v) is 2.96. The number of nitrogens with one attached hydrogen (secondary N) is 2. The van der Waals surface area contributed by atoms with Crippen LogP contribution in [0.3, 0.4) is 0 Å². The molecule has 0 saturated carbocycles. The van der Waals surface area contributed by atoms with E-state index in [-0.39, 0.29) is 0 Å². The van der Waals surface area contributed by atoms with Gasteiger partial charge in [-0.1, -0.05) is 12.1 Å². The van der Waals surface area contributed by atoms with Crippen molar-refractivity contribution in [3.63, 3.8) is 0 Å². The lowest BCUT2D eigenvalue weighted by molar-refractivity contribution is 0.0168. The summed E-state index contributed by atoms with van der Waals surface area (Å²) in [5, 5.41) is 6.66. The molecule has 1 aromatic carbocycles. The number of likely N-dealkylation sites (N-methyl/N-ethyl adjacent to an activating group) is 1. The van der Waals surface area contributed by atoms with Crippen molar-refractivity contribution in [2.24, 2.45) is 4.99 Å². The Labute approximate surface area is 175 Å². The maximum atomic E-state index is 5.81. The molecule has 7 heteroatoms. The molecule has 164 valence electrons. The van der Waals surface area contributed by atoms with E-state index in [1.165, 1.54) is 0 Å². The van der Waals surface area contributed by atoms with Crippen molar-refractivity contribution in [1.29, 1.82) is 0 Å². The Kier molecular flexibility index (Phi) is 11.5. The topological polar surface area (TPSA) is 67.4 Å². The predicted octanol–water partition coefficient (Wildman–Crippen LogP) is 2.27. The average molecular weight is 407 g/mol. The summed E-state index contributed by atoms with van der Waals surface area (Å²) in [7, 11) is 4.08. The second-order valence-electron chi connectivity index (χ2n) is 7.48. The fraction of sp³-hybridized carbons (Fsp3) is 0.682. The van der Waals surface area contributed by atoms with E-state index in [1.54, 1.807) is 0 Å². The van der Waals surface area contributed by atoms with Crippen molar-refractivity contribution in [2.75, 3.05) is 60.2 Å². The zero-order valence-corrected chi connectivity index (χ0v) is 18.3. The molecule has 0 aromatic heterocycles. The maximum absolute atomic E-state index is 5.81. The number of nitrogens with zero attached hydrogens (tertiary/aromatic N) is 2. The molecule has 1 aliphatic rings.